The highest BCUT2D eigenvalue weighted by molar-refractivity contribution is 9.13. The van der Waals surface area contributed by atoms with Gasteiger partial charge in [-0.15, -0.1) is 0 Å². The van der Waals surface area contributed by atoms with Crippen molar-refractivity contribution < 1.29 is 9.21 Å². The first-order chi connectivity index (χ1) is 12.5. The number of hydrogen-bond donors (Lipinski definition) is 0. The van der Waals surface area contributed by atoms with Crippen LogP contribution in [0.3, 0.4) is 0 Å². The van der Waals surface area contributed by atoms with Crippen LogP contribution in [0, 0.1) is 0 Å². The summed E-state index contributed by atoms with van der Waals surface area (Å²) in [4.78, 5) is 19.3. The highest BCUT2D eigenvalue weighted by atomic mass is 79.9. The number of furan rings is 1. The van der Waals surface area contributed by atoms with Crippen LogP contribution in [0.1, 0.15) is 5.76 Å². The number of rotatable bonds is 2. The first-order valence-corrected chi connectivity index (χ1v) is 10.1. The van der Waals surface area contributed by atoms with E-state index in [4.69, 9.17) is 4.42 Å². The molecule has 2 aromatic carbocycles. The summed E-state index contributed by atoms with van der Waals surface area (Å²) in [5, 5.41) is 2.92. The largest absolute Gasteiger partial charge is 0.449 e. The van der Waals surface area contributed by atoms with Crippen LogP contribution in [0.4, 0.5) is 5.69 Å². The van der Waals surface area contributed by atoms with Crippen molar-refractivity contribution in [3.63, 3.8) is 0 Å². The van der Waals surface area contributed by atoms with Gasteiger partial charge in [0.15, 0.2) is 9.84 Å². The molecule has 0 atom stereocenters. The average Bonchev–Trinajstić information content (AvgIpc) is 3.08. The Hall–Kier alpha value is -1.83. The standard InChI is InChI=1S/C19H12Br2N2O2S/c1-23-18(24)16(10-14-9-15(20)17(21)25-14)26-19(23)22-13-7-6-11-4-2-3-5-12(11)8-13/h2-10H,1H3/b16-10-,22-19?. The maximum Gasteiger partial charge on any atom is 0.266 e. The van der Waals surface area contributed by atoms with E-state index in [0.717, 1.165) is 20.9 Å². The summed E-state index contributed by atoms with van der Waals surface area (Å²) in [5.41, 5.74) is 0.815. The molecule has 26 heavy (non-hydrogen) atoms. The van der Waals surface area contributed by atoms with Crippen molar-refractivity contribution in [3.05, 3.63) is 68.3 Å². The molecular formula is C19H12Br2N2O2S. The van der Waals surface area contributed by atoms with Gasteiger partial charge in [-0.05, 0) is 72.6 Å². The predicted molar refractivity (Wildman–Crippen MR) is 113 cm³/mol. The van der Waals surface area contributed by atoms with Crippen molar-refractivity contribution in [2.24, 2.45) is 4.99 Å². The van der Waals surface area contributed by atoms with Crippen LogP contribution >= 0.6 is 43.6 Å². The lowest BCUT2D eigenvalue weighted by Crippen LogP contribution is -2.23. The number of halogens is 2. The van der Waals surface area contributed by atoms with Gasteiger partial charge >= 0.3 is 0 Å². The third-order valence-corrected chi connectivity index (χ3v) is 6.67. The Morgan fingerprint density at radius 1 is 1.12 bits per heavy atom. The Bertz CT molecular complexity index is 1070. The molecule has 2 heterocycles. The molecule has 4 nitrogen and oxygen atoms in total. The monoisotopic (exact) mass is 490 g/mol. The Labute approximate surface area is 171 Å². The highest BCUT2D eigenvalue weighted by Gasteiger charge is 2.30. The molecule has 1 amide bonds. The number of aliphatic imine (C=N–C) groups is 1. The first kappa shape index (κ1) is 17.6. The van der Waals surface area contributed by atoms with Gasteiger partial charge in [0.2, 0.25) is 0 Å². The number of carbonyl (C=O) groups excluding carboxylic acids is 1. The zero-order chi connectivity index (χ0) is 18.3. The maximum absolute atomic E-state index is 12.5. The second-order valence-electron chi connectivity index (χ2n) is 5.67. The zero-order valence-corrected chi connectivity index (χ0v) is 17.6. The summed E-state index contributed by atoms with van der Waals surface area (Å²) in [6.07, 6.45) is 1.72. The number of amidine groups is 1. The van der Waals surface area contributed by atoms with Crippen LogP contribution in [-0.4, -0.2) is 23.0 Å². The molecule has 1 saturated heterocycles. The summed E-state index contributed by atoms with van der Waals surface area (Å²) < 4.78 is 6.93. The number of hydrogen-bond acceptors (Lipinski definition) is 4. The van der Waals surface area contributed by atoms with Crippen LogP contribution in [0.25, 0.3) is 16.8 Å². The van der Waals surface area contributed by atoms with Gasteiger partial charge in [-0.3, -0.25) is 9.69 Å². The van der Waals surface area contributed by atoms with Crippen molar-refractivity contribution in [2.45, 2.75) is 0 Å². The van der Waals surface area contributed by atoms with Gasteiger partial charge in [0.05, 0.1) is 15.1 Å². The molecule has 130 valence electrons. The molecule has 1 aliphatic heterocycles. The van der Waals surface area contributed by atoms with E-state index in [9.17, 15) is 4.79 Å². The average molecular weight is 492 g/mol. The Morgan fingerprint density at radius 3 is 2.62 bits per heavy atom. The summed E-state index contributed by atoms with van der Waals surface area (Å²) in [5.74, 6) is 0.498. The Morgan fingerprint density at radius 2 is 1.88 bits per heavy atom. The minimum atomic E-state index is -0.0989. The number of amides is 1. The topological polar surface area (TPSA) is 45.8 Å². The Balaban J connectivity index is 1.66. The van der Waals surface area contributed by atoms with Crippen LogP contribution in [-0.2, 0) is 4.79 Å². The van der Waals surface area contributed by atoms with Crippen molar-refractivity contribution in [1.82, 2.24) is 4.90 Å². The minimum Gasteiger partial charge on any atom is -0.449 e. The number of thioether (sulfide) groups is 1. The normalized spacial score (nSPS) is 17.8. The van der Waals surface area contributed by atoms with Crippen molar-refractivity contribution in [1.29, 1.82) is 0 Å². The van der Waals surface area contributed by atoms with E-state index in [1.807, 2.05) is 42.5 Å². The molecule has 1 fully saturated rings. The van der Waals surface area contributed by atoms with Gasteiger partial charge in [0.25, 0.3) is 5.91 Å². The molecule has 0 bridgehead atoms. The summed E-state index contributed by atoms with van der Waals surface area (Å²) >= 11 is 8.01. The molecule has 7 heteroatoms. The predicted octanol–water partition coefficient (Wildman–Crippen LogP) is 6.19. The van der Waals surface area contributed by atoms with E-state index in [1.165, 1.54) is 11.8 Å². The summed E-state index contributed by atoms with van der Waals surface area (Å²) in [6.45, 7) is 0. The summed E-state index contributed by atoms with van der Waals surface area (Å²) in [6, 6.07) is 15.9. The quantitative estimate of drug-likeness (QED) is 0.401. The molecule has 0 aliphatic carbocycles. The molecule has 4 rings (SSSR count). The van der Waals surface area contributed by atoms with Gasteiger partial charge in [0, 0.05) is 13.1 Å². The number of benzene rings is 2. The molecule has 0 N–H and O–H groups in total. The lowest BCUT2D eigenvalue weighted by Gasteiger charge is -2.07. The van der Waals surface area contributed by atoms with Crippen molar-refractivity contribution in [3.8, 4) is 0 Å². The van der Waals surface area contributed by atoms with Gasteiger partial charge in [-0.2, -0.15) is 0 Å². The van der Waals surface area contributed by atoms with E-state index in [-0.39, 0.29) is 5.91 Å². The van der Waals surface area contributed by atoms with Crippen molar-refractivity contribution in [2.75, 3.05) is 7.05 Å². The van der Waals surface area contributed by atoms with E-state index in [2.05, 4.69) is 42.9 Å². The van der Waals surface area contributed by atoms with E-state index < -0.39 is 0 Å². The third-order valence-electron chi connectivity index (χ3n) is 3.90. The van der Waals surface area contributed by atoms with E-state index >= 15 is 0 Å². The third kappa shape index (κ3) is 3.39. The minimum absolute atomic E-state index is 0.0989. The smallest absolute Gasteiger partial charge is 0.266 e. The van der Waals surface area contributed by atoms with E-state index in [1.54, 1.807) is 18.0 Å². The molecule has 0 radical (unpaired) electrons. The maximum atomic E-state index is 12.5. The van der Waals surface area contributed by atoms with Crippen LogP contribution in [0.15, 0.2) is 72.0 Å². The first-order valence-electron chi connectivity index (χ1n) is 7.71. The van der Waals surface area contributed by atoms with Gasteiger partial charge in [-0.25, -0.2) is 4.99 Å². The fraction of sp³-hybridized carbons (Fsp3) is 0.0526. The molecular weight excluding hydrogens is 480 g/mol. The second-order valence-corrected chi connectivity index (χ2v) is 8.25. The van der Waals surface area contributed by atoms with Gasteiger partial charge in [0.1, 0.15) is 5.76 Å². The summed E-state index contributed by atoms with van der Waals surface area (Å²) in [7, 11) is 1.73. The van der Waals surface area contributed by atoms with Crippen LogP contribution in [0.2, 0.25) is 0 Å². The fourth-order valence-electron chi connectivity index (χ4n) is 2.57. The van der Waals surface area contributed by atoms with Crippen molar-refractivity contribution >= 4 is 77.2 Å². The molecule has 1 aliphatic rings. The molecule has 0 spiro atoms. The SMILES string of the molecule is CN1C(=O)/C(=C/c2cc(Br)c(Br)o2)SC1=Nc1ccc2ccccc2c1. The van der Waals surface area contributed by atoms with Crippen LogP contribution in [0.5, 0.6) is 0 Å². The fourth-order valence-corrected chi connectivity index (χ4v) is 4.15. The molecule has 1 aromatic heterocycles. The number of carbonyl (C=O) groups is 1. The van der Waals surface area contributed by atoms with E-state index in [0.29, 0.717) is 20.5 Å². The highest BCUT2D eigenvalue weighted by Crippen LogP contribution is 2.35. The number of likely N-dealkylation sites (N-methyl/N-ethyl adjacent to an activating group) is 1. The second kappa shape index (κ2) is 7.06. The van der Waals surface area contributed by atoms with Gasteiger partial charge < -0.3 is 4.42 Å². The molecule has 0 saturated carbocycles. The number of nitrogens with zero attached hydrogens (tertiary/aromatic N) is 2. The van der Waals surface area contributed by atoms with Gasteiger partial charge in [-0.1, -0.05) is 30.3 Å². The number of fused-ring (bicyclic) bond motifs is 1. The zero-order valence-electron chi connectivity index (χ0n) is 13.6. The lowest BCUT2D eigenvalue weighted by molar-refractivity contribution is -0.121. The molecule has 0 unspecified atom stereocenters. The van der Waals surface area contributed by atoms with Crippen LogP contribution < -0.4 is 0 Å². The molecule has 3 aromatic rings. The Kier molecular flexibility index (Phi) is 4.77. The lowest BCUT2D eigenvalue weighted by atomic mass is 10.1.